The van der Waals surface area contributed by atoms with E-state index in [1.54, 1.807) is 12.1 Å². The quantitative estimate of drug-likeness (QED) is 0.573. The van der Waals surface area contributed by atoms with Crippen molar-refractivity contribution in [2.45, 2.75) is 56.5 Å². The molecule has 0 aliphatic heterocycles. The molecule has 0 spiro atoms. The molecule has 0 unspecified atom stereocenters. The average molecular weight is 381 g/mol. The topological polar surface area (TPSA) is 118 Å². The molecule has 0 radical (unpaired) electrons. The number of hydrogen-bond acceptors (Lipinski definition) is 5. The highest BCUT2D eigenvalue weighted by Crippen LogP contribution is 2.40. The number of benzene rings is 1. The Kier molecular flexibility index (Phi) is 9.25. The Hall–Kier alpha value is -2.12. The van der Waals surface area contributed by atoms with Crippen molar-refractivity contribution in [2.75, 3.05) is 20.6 Å². The summed E-state index contributed by atoms with van der Waals surface area (Å²) >= 11 is 0. The molecule has 7 heteroatoms. The Morgan fingerprint density at radius 1 is 1.00 bits per heavy atom. The van der Waals surface area contributed by atoms with Gasteiger partial charge in [-0.05, 0) is 44.6 Å². The van der Waals surface area contributed by atoms with E-state index >= 15 is 0 Å². The molecule has 1 saturated carbocycles. The van der Waals surface area contributed by atoms with Gasteiger partial charge < -0.3 is 25.3 Å². The van der Waals surface area contributed by atoms with Crippen LogP contribution in [0.15, 0.2) is 24.3 Å². The zero-order valence-electron chi connectivity index (χ0n) is 16.1. The van der Waals surface area contributed by atoms with Crippen LogP contribution in [0, 0.1) is 0 Å². The monoisotopic (exact) mass is 381 g/mol. The zero-order valence-corrected chi connectivity index (χ0v) is 16.1. The van der Waals surface area contributed by atoms with Crippen LogP contribution in [0.5, 0.6) is 5.75 Å². The Bertz CT molecular complexity index is 579. The Morgan fingerprint density at radius 2 is 1.48 bits per heavy atom. The van der Waals surface area contributed by atoms with Crippen molar-refractivity contribution >= 4 is 11.9 Å². The number of aliphatic carboxylic acids is 2. The van der Waals surface area contributed by atoms with E-state index in [9.17, 15) is 19.8 Å². The van der Waals surface area contributed by atoms with E-state index in [-0.39, 0.29) is 24.5 Å². The molecule has 7 nitrogen and oxygen atoms in total. The number of carboxylic acid groups (broad SMARTS) is 2. The van der Waals surface area contributed by atoms with Gasteiger partial charge in [0.2, 0.25) is 0 Å². The highest BCUT2D eigenvalue weighted by Gasteiger charge is 2.38. The molecule has 27 heavy (non-hydrogen) atoms. The summed E-state index contributed by atoms with van der Waals surface area (Å²) < 4.78 is 0. The maximum absolute atomic E-state index is 11.0. The smallest absolute Gasteiger partial charge is 0.303 e. The van der Waals surface area contributed by atoms with E-state index in [1.807, 2.05) is 26.2 Å². The molecule has 1 atom stereocenters. The third-order valence-corrected chi connectivity index (χ3v) is 4.76. The number of aliphatic hydroxyl groups is 1. The van der Waals surface area contributed by atoms with Crippen molar-refractivity contribution in [3.63, 3.8) is 0 Å². The fourth-order valence-electron chi connectivity index (χ4n) is 3.38. The number of carboxylic acids is 2. The van der Waals surface area contributed by atoms with Crippen LogP contribution in [0.25, 0.3) is 0 Å². The molecule has 1 fully saturated rings. The van der Waals surface area contributed by atoms with E-state index in [2.05, 4.69) is 4.90 Å². The lowest BCUT2D eigenvalue weighted by Gasteiger charge is -2.40. The molecule has 1 aromatic rings. The summed E-state index contributed by atoms with van der Waals surface area (Å²) in [6.07, 6.45) is 4.62. The molecule has 0 saturated heterocycles. The third-order valence-electron chi connectivity index (χ3n) is 4.76. The molecule has 0 aromatic heterocycles. The van der Waals surface area contributed by atoms with Gasteiger partial charge in [0.15, 0.2) is 0 Å². The molecule has 4 N–H and O–H groups in total. The summed E-state index contributed by atoms with van der Waals surface area (Å²) in [6, 6.07) is 7.31. The van der Waals surface area contributed by atoms with Gasteiger partial charge in [0.25, 0.3) is 0 Å². The second-order valence-electron chi connectivity index (χ2n) is 7.36. The number of phenolic OH excluding ortho intramolecular Hbond substituents is 1. The second-order valence-corrected chi connectivity index (χ2v) is 7.36. The van der Waals surface area contributed by atoms with Crippen molar-refractivity contribution in [2.24, 2.45) is 0 Å². The van der Waals surface area contributed by atoms with Crippen molar-refractivity contribution < 1.29 is 30.0 Å². The van der Waals surface area contributed by atoms with Gasteiger partial charge >= 0.3 is 11.9 Å². The first-order valence-corrected chi connectivity index (χ1v) is 9.23. The second kappa shape index (κ2) is 10.9. The summed E-state index contributed by atoms with van der Waals surface area (Å²) in [7, 11) is 4.08. The lowest BCUT2D eigenvalue weighted by molar-refractivity contribution is -0.143. The predicted molar refractivity (Wildman–Crippen MR) is 102 cm³/mol. The number of aromatic hydroxyl groups is 1. The summed E-state index contributed by atoms with van der Waals surface area (Å²) in [5.41, 5.74) is 0.523. The molecule has 0 amide bonds. The molecular formula is C20H31NO6. The van der Waals surface area contributed by atoms with E-state index in [1.165, 1.54) is 6.42 Å². The molecule has 1 aromatic carbocycles. The Labute approximate surface area is 160 Å². The first-order valence-electron chi connectivity index (χ1n) is 9.23. The summed E-state index contributed by atoms with van der Waals surface area (Å²) in [5, 5.41) is 36.2. The number of carbonyl (C=O) groups is 2. The van der Waals surface area contributed by atoms with Gasteiger partial charge in [-0.1, -0.05) is 31.4 Å². The minimum atomic E-state index is -1.08. The molecule has 152 valence electrons. The summed E-state index contributed by atoms with van der Waals surface area (Å²) in [4.78, 5) is 21.4. The fraction of sp³-hybridized carbons (Fsp3) is 0.600. The van der Waals surface area contributed by atoms with Gasteiger partial charge in [-0.25, -0.2) is 0 Å². The minimum Gasteiger partial charge on any atom is -0.508 e. The van der Waals surface area contributed by atoms with E-state index in [0.717, 1.165) is 37.8 Å². The Morgan fingerprint density at radius 3 is 1.89 bits per heavy atom. The van der Waals surface area contributed by atoms with Gasteiger partial charge in [-0.15, -0.1) is 0 Å². The van der Waals surface area contributed by atoms with E-state index in [4.69, 9.17) is 10.2 Å². The molecule has 0 bridgehead atoms. The number of rotatable bonds is 7. The highest BCUT2D eigenvalue weighted by molar-refractivity contribution is 5.75. The predicted octanol–water partition coefficient (Wildman–Crippen LogP) is 2.67. The molecule has 1 aliphatic rings. The van der Waals surface area contributed by atoms with Gasteiger partial charge in [-0.2, -0.15) is 0 Å². The standard InChI is InChI=1S/C16H25NO2.C4H6O4/c1-17(2)12-15(13-6-8-14(18)9-7-13)16(19)10-4-3-5-11-16;5-3(6)1-2-4(7)8/h6-9,15,18-19H,3-5,10-12H2,1-2H3;1-2H2,(H,5,6)(H,7,8)/t15-;/m1./s1. The van der Waals surface area contributed by atoms with Crippen LogP contribution in [0.3, 0.4) is 0 Å². The molecular weight excluding hydrogens is 350 g/mol. The zero-order chi connectivity index (χ0) is 20.4. The van der Waals surface area contributed by atoms with Crippen LogP contribution in [-0.2, 0) is 9.59 Å². The van der Waals surface area contributed by atoms with Crippen LogP contribution in [0.2, 0.25) is 0 Å². The molecule has 0 heterocycles. The summed E-state index contributed by atoms with van der Waals surface area (Å²) in [6.45, 7) is 0.835. The SMILES string of the molecule is CN(C)C[C@H](c1ccc(O)cc1)C1(O)CCCCC1.O=C(O)CCC(=O)O. The van der Waals surface area contributed by atoms with Crippen LogP contribution >= 0.6 is 0 Å². The first kappa shape index (κ1) is 22.9. The van der Waals surface area contributed by atoms with Crippen LogP contribution in [0.1, 0.15) is 56.4 Å². The largest absolute Gasteiger partial charge is 0.508 e. The van der Waals surface area contributed by atoms with Crippen molar-refractivity contribution in [3.05, 3.63) is 29.8 Å². The molecule has 1 aliphatic carbocycles. The van der Waals surface area contributed by atoms with Crippen molar-refractivity contribution in [3.8, 4) is 5.75 Å². The number of hydrogen-bond donors (Lipinski definition) is 4. The number of phenols is 1. The van der Waals surface area contributed by atoms with Crippen molar-refractivity contribution in [1.29, 1.82) is 0 Å². The highest BCUT2D eigenvalue weighted by atomic mass is 16.4. The lowest BCUT2D eigenvalue weighted by atomic mass is 9.72. The van der Waals surface area contributed by atoms with Gasteiger partial charge in [0.05, 0.1) is 18.4 Å². The third kappa shape index (κ3) is 8.41. The normalized spacial score (nSPS) is 16.9. The van der Waals surface area contributed by atoms with Crippen LogP contribution in [0.4, 0.5) is 0 Å². The maximum atomic E-state index is 11.0. The summed E-state index contributed by atoms with van der Waals surface area (Å²) in [5.74, 6) is -1.76. The first-order chi connectivity index (χ1) is 12.6. The van der Waals surface area contributed by atoms with E-state index in [0.29, 0.717) is 0 Å². The lowest BCUT2D eigenvalue weighted by Crippen LogP contribution is -2.42. The van der Waals surface area contributed by atoms with Crippen molar-refractivity contribution in [1.82, 2.24) is 4.90 Å². The minimum absolute atomic E-state index is 0.114. The van der Waals surface area contributed by atoms with Gasteiger partial charge in [0, 0.05) is 12.5 Å². The Balaban J connectivity index is 0.000000387. The van der Waals surface area contributed by atoms with Crippen LogP contribution in [-0.4, -0.2) is 63.5 Å². The average Bonchev–Trinajstić information content (AvgIpc) is 2.60. The number of likely N-dealkylation sites (N-methyl/N-ethyl adjacent to an activating group) is 1. The fourth-order valence-corrected chi connectivity index (χ4v) is 3.38. The maximum Gasteiger partial charge on any atom is 0.303 e. The van der Waals surface area contributed by atoms with E-state index < -0.39 is 17.5 Å². The van der Waals surface area contributed by atoms with Gasteiger partial charge in [-0.3, -0.25) is 9.59 Å². The molecule has 2 rings (SSSR count). The van der Waals surface area contributed by atoms with Crippen LogP contribution < -0.4 is 0 Å². The van der Waals surface area contributed by atoms with Gasteiger partial charge in [0.1, 0.15) is 5.75 Å². The number of nitrogens with zero attached hydrogens (tertiary/aromatic N) is 1.